The van der Waals surface area contributed by atoms with Gasteiger partial charge in [-0.05, 0) is 25.0 Å². The van der Waals surface area contributed by atoms with Gasteiger partial charge in [0.25, 0.3) is 15.9 Å². The van der Waals surface area contributed by atoms with Crippen LogP contribution in [0.3, 0.4) is 0 Å². The highest BCUT2D eigenvalue weighted by Crippen LogP contribution is 2.30. The van der Waals surface area contributed by atoms with E-state index in [2.05, 4.69) is 20.9 Å². The lowest BCUT2D eigenvalue weighted by Crippen LogP contribution is -3.00. The Balaban J connectivity index is 0.00000338. The van der Waals surface area contributed by atoms with Crippen molar-refractivity contribution in [2.24, 2.45) is 0 Å². The Hall–Kier alpha value is -0.670. The van der Waals surface area contributed by atoms with Crippen molar-refractivity contribution in [2.75, 3.05) is 33.2 Å². The predicted molar refractivity (Wildman–Crippen MR) is 99.9 cm³/mol. The molecule has 1 heterocycles. The van der Waals surface area contributed by atoms with Gasteiger partial charge in [-0.15, -0.1) is 0 Å². The van der Waals surface area contributed by atoms with E-state index >= 15 is 0 Å². The fourth-order valence-corrected chi connectivity index (χ4v) is 5.07. The van der Waals surface area contributed by atoms with Gasteiger partial charge in [-0.3, -0.25) is 4.79 Å². The summed E-state index contributed by atoms with van der Waals surface area (Å²) in [6.45, 7) is 7.76. The van der Waals surface area contributed by atoms with E-state index in [0.717, 1.165) is 41.3 Å². The quantitative estimate of drug-likeness (QED) is 0.347. The molecule has 2 rings (SSSR count). The van der Waals surface area contributed by atoms with E-state index in [-0.39, 0.29) is 41.3 Å². The van der Waals surface area contributed by atoms with Crippen LogP contribution in [0.25, 0.3) is 0 Å². The maximum Gasteiger partial charge on any atom is 0.269 e. The van der Waals surface area contributed by atoms with Gasteiger partial charge in [0.15, 0.2) is 0 Å². The van der Waals surface area contributed by atoms with Gasteiger partial charge in [0.1, 0.15) is 4.90 Å². The average Bonchev–Trinajstić information content (AvgIpc) is 2.79. The minimum absolute atomic E-state index is 0. The number of fused-ring (bicyclic) bond motifs is 1. The largest absolute Gasteiger partial charge is 1.00 e. The second-order valence-corrected chi connectivity index (χ2v) is 9.06. The number of nitrogens with zero attached hydrogens (tertiary/aromatic N) is 2. The molecule has 1 aromatic rings. The van der Waals surface area contributed by atoms with Gasteiger partial charge in [-0.2, -0.15) is 0 Å². The van der Waals surface area contributed by atoms with Crippen molar-refractivity contribution >= 4 is 15.9 Å². The Morgan fingerprint density at radius 1 is 0.962 bits per heavy atom. The molecule has 0 saturated carbocycles. The molecule has 26 heavy (non-hydrogen) atoms. The number of amides is 1. The van der Waals surface area contributed by atoms with Crippen molar-refractivity contribution in [3.63, 3.8) is 0 Å². The van der Waals surface area contributed by atoms with E-state index in [1.807, 2.05) is 0 Å². The zero-order valence-corrected chi connectivity index (χ0v) is 19.1. The first-order valence-corrected chi connectivity index (χ1v) is 10.8. The Bertz CT molecular complexity index is 698. The van der Waals surface area contributed by atoms with Crippen molar-refractivity contribution < 1.29 is 41.7 Å². The molecule has 0 bridgehead atoms. The molecule has 5 nitrogen and oxygen atoms in total. The summed E-state index contributed by atoms with van der Waals surface area (Å²) >= 11 is 0. The summed E-state index contributed by atoms with van der Waals surface area (Å²) in [6, 6.07) is 6.49. The number of carbonyl (C=O) groups is 1. The standard InChI is InChI=1S/C19H31N2O3S.HI/c1-4-6-14-21(3,15-7-5-2)16-10-13-20-19(22)17-11-8-9-12-18(17)25(20,23)24;/h8-9,11-12H,4-7,10,13-16H2,1-3H3;1H/q+1;/p-1. The lowest BCUT2D eigenvalue weighted by atomic mass is 10.2. The molecule has 1 aromatic carbocycles. The smallest absolute Gasteiger partial charge is 0.269 e. The van der Waals surface area contributed by atoms with Crippen molar-refractivity contribution in [3.05, 3.63) is 29.8 Å². The Morgan fingerprint density at radius 3 is 2.04 bits per heavy atom. The predicted octanol–water partition coefficient (Wildman–Crippen LogP) is 0.272. The normalized spacial score (nSPS) is 15.7. The molecule has 0 aromatic heterocycles. The zero-order valence-electron chi connectivity index (χ0n) is 16.1. The van der Waals surface area contributed by atoms with Gasteiger partial charge < -0.3 is 28.5 Å². The maximum absolute atomic E-state index is 12.6. The molecule has 0 aliphatic carbocycles. The molecule has 7 heteroatoms. The number of carbonyl (C=O) groups excluding carboxylic acids is 1. The molecule has 0 spiro atoms. The zero-order chi connectivity index (χ0) is 18.5. The number of sulfonamides is 1. The third-order valence-electron chi connectivity index (χ3n) is 5.07. The molecule has 0 N–H and O–H groups in total. The highest BCUT2D eigenvalue weighted by Gasteiger charge is 2.40. The average molecular weight is 494 g/mol. The van der Waals surface area contributed by atoms with Crippen LogP contribution in [0.1, 0.15) is 56.3 Å². The number of hydrogen-bond donors (Lipinski definition) is 0. The number of quaternary nitrogens is 1. The van der Waals surface area contributed by atoms with Crippen LogP contribution in [-0.2, 0) is 10.0 Å². The van der Waals surface area contributed by atoms with Crippen LogP contribution in [-0.4, -0.2) is 56.3 Å². The molecule has 1 amide bonds. The summed E-state index contributed by atoms with van der Waals surface area (Å²) in [5.74, 6) is -0.382. The summed E-state index contributed by atoms with van der Waals surface area (Å²) in [6.07, 6.45) is 5.37. The van der Waals surface area contributed by atoms with Crippen LogP contribution >= 0.6 is 0 Å². The van der Waals surface area contributed by atoms with E-state index in [0.29, 0.717) is 12.0 Å². The van der Waals surface area contributed by atoms with Gasteiger partial charge in [0.2, 0.25) is 0 Å². The third-order valence-corrected chi connectivity index (χ3v) is 6.91. The molecular weight excluding hydrogens is 463 g/mol. The van der Waals surface area contributed by atoms with Crippen molar-refractivity contribution in [3.8, 4) is 0 Å². The van der Waals surface area contributed by atoms with Crippen LogP contribution in [0.5, 0.6) is 0 Å². The Morgan fingerprint density at radius 2 is 1.50 bits per heavy atom. The lowest BCUT2D eigenvalue weighted by Gasteiger charge is -2.35. The van der Waals surface area contributed by atoms with E-state index in [4.69, 9.17) is 0 Å². The molecule has 0 radical (unpaired) electrons. The van der Waals surface area contributed by atoms with E-state index in [1.54, 1.807) is 18.2 Å². The summed E-state index contributed by atoms with van der Waals surface area (Å²) in [5.41, 5.74) is 0.303. The SMILES string of the molecule is CCCC[N+](C)(CCCC)CCCN1C(=O)c2ccccc2S1(=O)=O.[I-]. The highest BCUT2D eigenvalue weighted by atomic mass is 127. The first-order valence-electron chi connectivity index (χ1n) is 9.35. The van der Waals surface area contributed by atoms with E-state index < -0.39 is 10.0 Å². The van der Waals surface area contributed by atoms with E-state index in [9.17, 15) is 13.2 Å². The van der Waals surface area contributed by atoms with Crippen molar-refractivity contribution in [1.29, 1.82) is 0 Å². The number of rotatable bonds is 10. The summed E-state index contributed by atoms with van der Waals surface area (Å²) in [4.78, 5) is 12.6. The topological polar surface area (TPSA) is 54.5 Å². The summed E-state index contributed by atoms with van der Waals surface area (Å²) in [5, 5.41) is 0. The minimum Gasteiger partial charge on any atom is -1.00 e. The van der Waals surface area contributed by atoms with Crippen molar-refractivity contribution in [1.82, 2.24) is 4.31 Å². The monoisotopic (exact) mass is 494 g/mol. The molecule has 1 aliphatic heterocycles. The highest BCUT2D eigenvalue weighted by molar-refractivity contribution is 7.90. The fraction of sp³-hybridized carbons (Fsp3) is 0.632. The first-order chi connectivity index (χ1) is 11.9. The van der Waals surface area contributed by atoms with Crippen LogP contribution in [0.4, 0.5) is 0 Å². The van der Waals surface area contributed by atoms with Gasteiger partial charge >= 0.3 is 0 Å². The molecule has 148 valence electrons. The molecule has 0 saturated heterocycles. The Labute approximate surface area is 175 Å². The fourth-order valence-electron chi connectivity index (χ4n) is 3.46. The maximum atomic E-state index is 12.6. The summed E-state index contributed by atoms with van der Waals surface area (Å²) < 4.78 is 27.2. The lowest BCUT2D eigenvalue weighted by molar-refractivity contribution is -0.910. The molecule has 0 fully saturated rings. The van der Waals surface area contributed by atoms with Crippen LogP contribution < -0.4 is 24.0 Å². The molecule has 1 aliphatic rings. The number of unbranched alkanes of at least 4 members (excludes halogenated alkanes) is 2. The minimum atomic E-state index is -3.67. The number of hydrogen-bond acceptors (Lipinski definition) is 3. The van der Waals surface area contributed by atoms with Gasteiger partial charge in [-0.1, -0.05) is 38.8 Å². The van der Waals surface area contributed by atoms with Gasteiger partial charge in [0, 0.05) is 13.0 Å². The molecule has 0 atom stereocenters. The third kappa shape index (κ3) is 5.19. The van der Waals surface area contributed by atoms with E-state index in [1.165, 1.54) is 18.9 Å². The Kier molecular flexibility index (Phi) is 9.02. The van der Waals surface area contributed by atoms with Gasteiger partial charge in [-0.25, -0.2) is 12.7 Å². The molecular formula is C19H31IN2O3S. The number of benzene rings is 1. The summed E-state index contributed by atoms with van der Waals surface area (Å²) in [7, 11) is -1.42. The molecule has 0 unspecified atom stereocenters. The van der Waals surface area contributed by atoms with Crippen LogP contribution in [0, 0.1) is 0 Å². The van der Waals surface area contributed by atoms with Crippen LogP contribution in [0.2, 0.25) is 0 Å². The van der Waals surface area contributed by atoms with Crippen LogP contribution in [0.15, 0.2) is 29.2 Å². The first kappa shape index (κ1) is 23.4. The second kappa shape index (κ2) is 10.0. The second-order valence-electron chi connectivity index (χ2n) is 7.23. The number of halogens is 1. The van der Waals surface area contributed by atoms with Gasteiger partial charge in [0.05, 0.1) is 32.2 Å². The van der Waals surface area contributed by atoms with Crippen molar-refractivity contribution in [2.45, 2.75) is 50.8 Å².